The molecule has 9 heteroatoms. The Morgan fingerprint density at radius 1 is 1.18 bits per heavy atom. The summed E-state index contributed by atoms with van der Waals surface area (Å²) in [6.07, 6.45) is 4.88. The number of carbonyl (C=O) groups is 1. The fourth-order valence-electron chi connectivity index (χ4n) is 6.49. The average Bonchev–Trinajstić information content (AvgIpc) is 3.63. The molecule has 6 heterocycles. The number of amides is 1. The van der Waals surface area contributed by atoms with Gasteiger partial charge in [-0.15, -0.1) is 0 Å². The number of aromatic amines is 1. The van der Waals surface area contributed by atoms with Crippen LogP contribution in [0.25, 0.3) is 27.8 Å². The molecule has 1 N–H and O–H groups in total. The van der Waals surface area contributed by atoms with Gasteiger partial charge in [0.15, 0.2) is 5.65 Å². The maximum atomic E-state index is 13.1. The number of likely N-dealkylation sites (tertiary alicyclic amines) is 2. The lowest BCUT2D eigenvalue weighted by molar-refractivity contribution is -0.139. The first-order chi connectivity index (χ1) is 18.5. The Balaban J connectivity index is 1.17. The van der Waals surface area contributed by atoms with E-state index in [-0.39, 0.29) is 19.0 Å². The number of halogens is 1. The van der Waals surface area contributed by atoms with Crippen molar-refractivity contribution in [2.24, 2.45) is 0 Å². The summed E-state index contributed by atoms with van der Waals surface area (Å²) >= 11 is 0. The van der Waals surface area contributed by atoms with Gasteiger partial charge in [0.2, 0.25) is 5.91 Å². The van der Waals surface area contributed by atoms with E-state index in [4.69, 9.17) is 4.74 Å². The number of hydrogen-bond donors (Lipinski definition) is 1. The van der Waals surface area contributed by atoms with Crippen LogP contribution in [0.1, 0.15) is 60.8 Å². The van der Waals surface area contributed by atoms with Crippen LogP contribution in [0.2, 0.25) is 0 Å². The van der Waals surface area contributed by atoms with E-state index >= 15 is 0 Å². The molecular weight excluding hydrogens is 483 g/mol. The summed E-state index contributed by atoms with van der Waals surface area (Å²) in [6.45, 7) is 8.35. The third-order valence-electron chi connectivity index (χ3n) is 8.59. The van der Waals surface area contributed by atoms with E-state index < -0.39 is 6.17 Å². The van der Waals surface area contributed by atoms with Crippen molar-refractivity contribution < 1.29 is 13.9 Å². The van der Waals surface area contributed by atoms with Gasteiger partial charge in [-0.05, 0) is 66.6 Å². The highest BCUT2D eigenvalue weighted by molar-refractivity contribution is 5.93. The first-order valence-electron chi connectivity index (χ1n) is 13.7. The van der Waals surface area contributed by atoms with Gasteiger partial charge < -0.3 is 14.6 Å². The lowest BCUT2D eigenvalue weighted by Crippen LogP contribution is -2.54. The molecule has 8 nitrogen and oxygen atoms in total. The molecule has 0 radical (unpaired) electrons. The van der Waals surface area contributed by atoms with Crippen LogP contribution in [-0.4, -0.2) is 74.2 Å². The number of nitrogens with zero attached hydrogens (tertiary/aromatic N) is 5. The summed E-state index contributed by atoms with van der Waals surface area (Å²) in [5, 5.41) is 5.70. The van der Waals surface area contributed by atoms with Gasteiger partial charge in [0.1, 0.15) is 12.5 Å². The Hall–Kier alpha value is -3.30. The van der Waals surface area contributed by atoms with Gasteiger partial charge in [-0.3, -0.25) is 9.69 Å². The molecule has 7 rings (SSSR count). The summed E-state index contributed by atoms with van der Waals surface area (Å²) < 4.78 is 20.8. The maximum absolute atomic E-state index is 13.1. The number of rotatable bonds is 5. The minimum absolute atomic E-state index is 0.0566. The normalized spacial score (nSPS) is 19.1. The highest BCUT2D eigenvalue weighted by atomic mass is 19.1. The number of pyridine rings is 1. The first-order valence-corrected chi connectivity index (χ1v) is 13.7. The quantitative estimate of drug-likeness (QED) is 0.426. The molecule has 2 fully saturated rings. The van der Waals surface area contributed by atoms with Crippen molar-refractivity contribution in [3.8, 4) is 11.3 Å². The zero-order chi connectivity index (χ0) is 26.0. The number of hydrogen-bond acceptors (Lipinski definition) is 5. The number of ether oxygens (including phenoxy) is 1. The van der Waals surface area contributed by atoms with E-state index in [0.717, 1.165) is 53.9 Å². The monoisotopic (exact) mass is 516 g/mol. The molecule has 198 valence electrons. The van der Waals surface area contributed by atoms with Gasteiger partial charge in [-0.25, -0.2) is 13.9 Å². The molecule has 0 spiro atoms. The Morgan fingerprint density at radius 2 is 1.97 bits per heavy atom. The molecule has 0 unspecified atom stereocenters. The predicted molar refractivity (Wildman–Crippen MR) is 143 cm³/mol. The third-order valence-corrected chi connectivity index (χ3v) is 8.59. The molecule has 0 atom stereocenters. The van der Waals surface area contributed by atoms with Gasteiger partial charge in [0, 0.05) is 28.2 Å². The number of benzene rings is 1. The summed E-state index contributed by atoms with van der Waals surface area (Å²) in [5.74, 6) is 0.852. The lowest BCUT2D eigenvalue weighted by atomic mass is 9.87. The van der Waals surface area contributed by atoms with Crippen LogP contribution < -0.4 is 0 Å². The third kappa shape index (κ3) is 3.91. The summed E-state index contributed by atoms with van der Waals surface area (Å²) in [6, 6.07) is 6.86. The standard InChI is InChI=1S/C29H33FN6O2/c1-17(2)27-21-9-19(18-5-7-34(8-6-18)13-26(37)35-10-20(30)11-35)3-4-25(21)33-28(27)22-12-36-29(31-16-32-36)24-15-38-14-23(22)24/h3-4,9,12,16-18,20,33H,5-8,10-11,13-15H2,1-2H3. The van der Waals surface area contributed by atoms with Crippen LogP contribution in [0.5, 0.6) is 0 Å². The Morgan fingerprint density at radius 3 is 2.74 bits per heavy atom. The molecule has 1 amide bonds. The number of nitrogens with one attached hydrogen (secondary N) is 1. The van der Waals surface area contributed by atoms with Gasteiger partial charge in [0.05, 0.1) is 38.5 Å². The molecule has 0 aliphatic carbocycles. The fourth-order valence-corrected chi connectivity index (χ4v) is 6.49. The second-order valence-corrected chi connectivity index (χ2v) is 11.3. The second kappa shape index (κ2) is 9.17. The Bertz CT molecular complexity index is 1530. The summed E-state index contributed by atoms with van der Waals surface area (Å²) in [4.78, 5) is 24.4. The van der Waals surface area contributed by atoms with E-state index in [1.165, 1.54) is 22.1 Å². The average molecular weight is 517 g/mol. The Labute approximate surface area is 220 Å². The molecule has 4 aromatic rings. The summed E-state index contributed by atoms with van der Waals surface area (Å²) in [5.41, 5.74) is 9.29. The number of fused-ring (bicyclic) bond motifs is 4. The fraction of sp³-hybridized carbons (Fsp3) is 0.483. The van der Waals surface area contributed by atoms with Crippen molar-refractivity contribution in [1.82, 2.24) is 29.4 Å². The van der Waals surface area contributed by atoms with Crippen LogP contribution >= 0.6 is 0 Å². The zero-order valence-corrected chi connectivity index (χ0v) is 21.9. The van der Waals surface area contributed by atoms with Crippen molar-refractivity contribution >= 4 is 22.5 Å². The van der Waals surface area contributed by atoms with Crippen LogP contribution in [0, 0.1) is 0 Å². The van der Waals surface area contributed by atoms with Crippen LogP contribution in [0.3, 0.4) is 0 Å². The number of piperidine rings is 1. The smallest absolute Gasteiger partial charge is 0.236 e. The van der Waals surface area contributed by atoms with Crippen LogP contribution in [-0.2, 0) is 22.7 Å². The first kappa shape index (κ1) is 23.8. The van der Waals surface area contributed by atoms with Crippen molar-refractivity contribution in [3.63, 3.8) is 0 Å². The highest BCUT2D eigenvalue weighted by Gasteiger charge is 2.32. The van der Waals surface area contributed by atoms with Crippen molar-refractivity contribution in [2.45, 2.75) is 57.9 Å². The second-order valence-electron chi connectivity index (χ2n) is 11.3. The number of carbonyl (C=O) groups excluding carboxylic acids is 1. The maximum Gasteiger partial charge on any atom is 0.236 e. The zero-order valence-electron chi connectivity index (χ0n) is 21.9. The van der Waals surface area contributed by atoms with Crippen molar-refractivity contribution in [1.29, 1.82) is 0 Å². The molecule has 2 saturated heterocycles. The minimum Gasteiger partial charge on any atom is -0.372 e. The molecule has 3 aromatic heterocycles. The molecule has 3 aliphatic heterocycles. The van der Waals surface area contributed by atoms with Crippen molar-refractivity contribution in [2.75, 3.05) is 32.7 Å². The molecule has 0 saturated carbocycles. The topological polar surface area (TPSA) is 78.8 Å². The highest BCUT2D eigenvalue weighted by Crippen LogP contribution is 2.41. The number of H-pyrrole nitrogens is 1. The minimum atomic E-state index is -0.844. The van der Waals surface area contributed by atoms with Gasteiger partial charge in [-0.2, -0.15) is 5.10 Å². The largest absolute Gasteiger partial charge is 0.372 e. The van der Waals surface area contributed by atoms with E-state index in [9.17, 15) is 9.18 Å². The SMILES string of the molecule is CC(C)c1c(-c2cn3ncnc3c3c2COC3)[nH]c2ccc(C3CCN(CC(=O)N4CC(F)C4)CC3)cc12. The number of alkyl halides is 1. The van der Waals surface area contributed by atoms with Gasteiger partial charge in [0.25, 0.3) is 0 Å². The van der Waals surface area contributed by atoms with Crippen LogP contribution in [0.15, 0.2) is 30.7 Å². The Kier molecular flexibility index (Phi) is 5.74. The number of aromatic nitrogens is 4. The lowest BCUT2D eigenvalue weighted by Gasteiger charge is -2.37. The van der Waals surface area contributed by atoms with Gasteiger partial charge in [-0.1, -0.05) is 19.9 Å². The van der Waals surface area contributed by atoms with E-state index in [2.05, 4.69) is 58.2 Å². The molecule has 38 heavy (non-hydrogen) atoms. The van der Waals surface area contributed by atoms with Gasteiger partial charge >= 0.3 is 0 Å². The molecular formula is C29H33FN6O2. The van der Waals surface area contributed by atoms with E-state index in [1.54, 1.807) is 11.2 Å². The molecule has 3 aliphatic rings. The molecule has 0 bridgehead atoms. The predicted octanol–water partition coefficient (Wildman–Crippen LogP) is 4.39. The van der Waals surface area contributed by atoms with E-state index in [1.807, 2.05) is 4.52 Å². The van der Waals surface area contributed by atoms with Crippen LogP contribution in [0.4, 0.5) is 4.39 Å². The van der Waals surface area contributed by atoms with E-state index in [0.29, 0.717) is 31.6 Å². The summed E-state index contributed by atoms with van der Waals surface area (Å²) in [7, 11) is 0. The van der Waals surface area contributed by atoms with Crippen molar-refractivity contribution in [3.05, 3.63) is 53.0 Å². The molecule has 1 aromatic carbocycles.